The molecule has 0 aromatic carbocycles. The molecule has 23 heavy (non-hydrogen) atoms. The molecule has 3 aliphatic carbocycles. The molecule has 3 saturated carbocycles. The van der Waals surface area contributed by atoms with Crippen LogP contribution in [0.15, 0.2) is 11.1 Å². The van der Waals surface area contributed by atoms with Crippen LogP contribution in [0.25, 0.3) is 0 Å². The van der Waals surface area contributed by atoms with Crippen LogP contribution in [0.5, 0.6) is 0 Å². The van der Waals surface area contributed by atoms with Crippen molar-refractivity contribution in [3.63, 3.8) is 0 Å². The minimum atomic E-state index is 0.965. The Bertz CT molecular complexity index is 454. The molecule has 4 aliphatic rings. The van der Waals surface area contributed by atoms with E-state index in [0.717, 1.165) is 17.8 Å². The fourth-order valence-corrected chi connectivity index (χ4v) is 7.68. The van der Waals surface area contributed by atoms with Crippen LogP contribution in [-0.2, 0) is 0 Å². The monoisotopic (exact) mass is 330 g/mol. The van der Waals surface area contributed by atoms with Crippen LogP contribution in [0, 0.1) is 17.8 Å². The van der Waals surface area contributed by atoms with Crippen LogP contribution in [0.3, 0.4) is 0 Å². The highest BCUT2D eigenvalue weighted by Crippen LogP contribution is 2.46. The maximum Gasteiger partial charge on any atom is 0.0116 e. The van der Waals surface area contributed by atoms with E-state index in [1.807, 2.05) is 16.4 Å². The fraction of sp³-hybridized carbons (Fsp3) is 0.864. The van der Waals surface area contributed by atoms with Crippen molar-refractivity contribution in [3.8, 4) is 0 Å². The molecular formula is C22H35P. The summed E-state index contributed by atoms with van der Waals surface area (Å²) in [7, 11) is 1.74. The molecule has 0 atom stereocenters. The second-order valence-corrected chi connectivity index (χ2v) is 9.76. The highest BCUT2D eigenvalue weighted by molar-refractivity contribution is 7.42. The molecule has 1 heteroatoms. The van der Waals surface area contributed by atoms with Crippen molar-refractivity contribution >= 4 is 13.5 Å². The quantitative estimate of drug-likeness (QED) is 0.482. The normalized spacial score (nSPS) is 29.8. The summed E-state index contributed by atoms with van der Waals surface area (Å²) in [5.41, 5.74) is 3.98. The fourth-order valence-electron chi connectivity index (χ4n) is 5.89. The molecule has 128 valence electrons. The Kier molecular flexibility index (Phi) is 5.60. The first-order valence-electron chi connectivity index (χ1n) is 10.7. The third-order valence-electron chi connectivity index (χ3n) is 7.14. The van der Waals surface area contributed by atoms with Crippen molar-refractivity contribution in [1.82, 2.24) is 0 Å². The summed E-state index contributed by atoms with van der Waals surface area (Å²) >= 11 is 0. The van der Waals surface area contributed by atoms with E-state index < -0.39 is 0 Å². The maximum absolute atomic E-state index is 1.99. The molecule has 0 nitrogen and oxygen atoms in total. The summed E-state index contributed by atoms with van der Waals surface area (Å²) in [6.07, 6.45) is 24.0. The zero-order valence-corrected chi connectivity index (χ0v) is 15.9. The first kappa shape index (κ1) is 16.4. The van der Waals surface area contributed by atoms with Gasteiger partial charge in [-0.3, -0.25) is 0 Å². The van der Waals surface area contributed by atoms with E-state index in [-0.39, 0.29) is 0 Å². The summed E-state index contributed by atoms with van der Waals surface area (Å²) in [5.74, 6) is 2.92. The van der Waals surface area contributed by atoms with Crippen LogP contribution in [0.4, 0.5) is 0 Å². The minimum Gasteiger partial charge on any atom is -0.0959 e. The zero-order valence-electron chi connectivity index (χ0n) is 15.0. The third kappa shape index (κ3) is 3.63. The van der Waals surface area contributed by atoms with Gasteiger partial charge in [0.05, 0.1) is 0 Å². The Hall–Kier alpha value is -0.0900. The van der Waals surface area contributed by atoms with Gasteiger partial charge in [-0.05, 0) is 67.1 Å². The van der Waals surface area contributed by atoms with E-state index in [1.165, 1.54) is 102 Å². The van der Waals surface area contributed by atoms with Crippen molar-refractivity contribution in [2.45, 2.75) is 96.3 Å². The molecule has 0 spiro atoms. The van der Waals surface area contributed by atoms with Gasteiger partial charge in [-0.2, -0.15) is 0 Å². The molecular weight excluding hydrogens is 295 g/mol. The molecule has 0 amide bonds. The van der Waals surface area contributed by atoms with Crippen molar-refractivity contribution in [3.05, 3.63) is 11.1 Å². The summed E-state index contributed by atoms with van der Waals surface area (Å²) in [5, 5.41) is 1.97. The predicted molar refractivity (Wildman–Crippen MR) is 104 cm³/mol. The molecule has 0 unspecified atom stereocenters. The molecule has 0 aromatic heterocycles. The van der Waals surface area contributed by atoms with Gasteiger partial charge in [0.1, 0.15) is 0 Å². The summed E-state index contributed by atoms with van der Waals surface area (Å²) in [6, 6.07) is 0. The van der Waals surface area contributed by atoms with Crippen LogP contribution >= 0.6 is 8.20 Å². The van der Waals surface area contributed by atoms with E-state index in [4.69, 9.17) is 0 Å². The van der Waals surface area contributed by atoms with Crippen molar-refractivity contribution < 1.29 is 0 Å². The Balaban J connectivity index is 1.60. The second-order valence-electron chi connectivity index (χ2n) is 8.65. The lowest BCUT2D eigenvalue weighted by Gasteiger charge is -2.33. The van der Waals surface area contributed by atoms with Gasteiger partial charge in [0.2, 0.25) is 0 Å². The van der Waals surface area contributed by atoms with Crippen molar-refractivity contribution in [2.24, 2.45) is 17.8 Å². The molecule has 0 saturated heterocycles. The van der Waals surface area contributed by atoms with Gasteiger partial charge < -0.3 is 0 Å². The molecule has 1 aliphatic heterocycles. The van der Waals surface area contributed by atoms with E-state index in [2.05, 4.69) is 0 Å². The lowest BCUT2D eigenvalue weighted by atomic mass is 9.72. The van der Waals surface area contributed by atoms with Gasteiger partial charge in [0, 0.05) is 6.16 Å². The van der Waals surface area contributed by atoms with E-state index >= 15 is 0 Å². The standard InChI is InChI=1S/C22H35P/c1-4-10-17(11-5-1)20-16-23-22(19-14-8-3-9-15-19)21(20)18-12-6-2-7-13-18/h17-19H,1-16H2. The molecule has 1 heterocycles. The summed E-state index contributed by atoms with van der Waals surface area (Å²) in [6.45, 7) is 0. The molecule has 3 fully saturated rings. The van der Waals surface area contributed by atoms with Crippen LogP contribution < -0.4 is 0 Å². The van der Waals surface area contributed by atoms with Gasteiger partial charge in [-0.25, -0.2) is 0 Å². The molecule has 0 radical (unpaired) electrons. The molecule has 4 rings (SSSR count). The molecule has 0 N–H and O–H groups in total. The van der Waals surface area contributed by atoms with E-state index in [9.17, 15) is 0 Å². The van der Waals surface area contributed by atoms with Gasteiger partial charge in [-0.1, -0.05) is 71.6 Å². The first-order valence-corrected chi connectivity index (χ1v) is 11.8. The SMILES string of the molecule is C1CCC(C2=PCC(C3CCCCC3)=C2C2CCCCC2)CC1. The summed E-state index contributed by atoms with van der Waals surface area (Å²) < 4.78 is 0. The van der Waals surface area contributed by atoms with Gasteiger partial charge >= 0.3 is 0 Å². The lowest BCUT2D eigenvalue weighted by molar-refractivity contribution is 0.379. The van der Waals surface area contributed by atoms with Crippen molar-refractivity contribution in [1.29, 1.82) is 0 Å². The van der Waals surface area contributed by atoms with Gasteiger partial charge in [0.25, 0.3) is 0 Å². The average molecular weight is 330 g/mol. The van der Waals surface area contributed by atoms with Crippen LogP contribution in [0.2, 0.25) is 0 Å². The topological polar surface area (TPSA) is 0 Å². The van der Waals surface area contributed by atoms with Crippen LogP contribution in [0.1, 0.15) is 96.3 Å². The summed E-state index contributed by atoms with van der Waals surface area (Å²) in [4.78, 5) is 0. The molecule has 0 bridgehead atoms. The number of hydrogen-bond acceptors (Lipinski definition) is 0. The minimum absolute atomic E-state index is 0.965. The largest absolute Gasteiger partial charge is 0.0959 e. The smallest absolute Gasteiger partial charge is 0.0116 e. The zero-order chi connectivity index (χ0) is 15.5. The third-order valence-corrected chi connectivity index (χ3v) is 8.59. The highest BCUT2D eigenvalue weighted by Gasteiger charge is 2.34. The van der Waals surface area contributed by atoms with Crippen molar-refractivity contribution in [2.75, 3.05) is 6.16 Å². The Labute approximate surface area is 145 Å². The Morgan fingerprint density at radius 1 is 0.522 bits per heavy atom. The Morgan fingerprint density at radius 3 is 1.57 bits per heavy atom. The first-order chi connectivity index (χ1) is 11.4. The van der Waals surface area contributed by atoms with E-state index in [0.29, 0.717) is 0 Å². The Morgan fingerprint density at radius 2 is 1.00 bits per heavy atom. The maximum atomic E-state index is 1.99. The van der Waals surface area contributed by atoms with Gasteiger partial charge in [0.15, 0.2) is 0 Å². The number of hydrogen-bond donors (Lipinski definition) is 0. The highest BCUT2D eigenvalue weighted by atomic mass is 31.1. The average Bonchev–Trinajstić information content (AvgIpc) is 3.09. The number of allylic oxidation sites excluding steroid dienone is 2. The van der Waals surface area contributed by atoms with Crippen LogP contribution in [-0.4, -0.2) is 11.5 Å². The lowest BCUT2D eigenvalue weighted by Crippen LogP contribution is -2.25. The number of rotatable bonds is 3. The predicted octanol–water partition coefficient (Wildman–Crippen LogP) is 7.16. The second kappa shape index (κ2) is 7.86. The van der Waals surface area contributed by atoms with Gasteiger partial charge in [-0.15, -0.1) is 0 Å². The molecule has 0 aromatic rings. The van der Waals surface area contributed by atoms with E-state index in [1.54, 1.807) is 8.20 Å².